The first-order chi connectivity index (χ1) is 8.65. The molecule has 2 aliphatic rings. The van der Waals surface area contributed by atoms with Crippen LogP contribution in [0.3, 0.4) is 0 Å². The molecule has 3 nitrogen and oxygen atoms in total. The van der Waals surface area contributed by atoms with E-state index < -0.39 is 0 Å². The molecule has 4 heteroatoms. The molecule has 96 valence electrons. The Labute approximate surface area is 115 Å². The van der Waals surface area contributed by atoms with Gasteiger partial charge in [-0.25, -0.2) is 0 Å². The molecule has 0 bridgehead atoms. The summed E-state index contributed by atoms with van der Waals surface area (Å²) in [5.74, 6) is 1.27. The van der Waals surface area contributed by atoms with Gasteiger partial charge in [0.05, 0.1) is 0 Å². The third-order valence-electron chi connectivity index (χ3n) is 4.27. The van der Waals surface area contributed by atoms with Crippen LogP contribution in [0.2, 0.25) is 0 Å². The fourth-order valence-electron chi connectivity index (χ4n) is 3.28. The molecule has 3 atom stereocenters. The maximum absolute atomic E-state index is 12.4. The Hall–Kier alpha value is -0.870. The van der Waals surface area contributed by atoms with Crippen molar-refractivity contribution in [2.24, 2.45) is 17.6 Å². The van der Waals surface area contributed by atoms with Gasteiger partial charge < -0.3 is 10.6 Å². The number of nitrogens with zero attached hydrogens (tertiary/aromatic N) is 1. The highest BCUT2D eigenvalue weighted by molar-refractivity contribution is 9.10. The van der Waals surface area contributed by atoms with Crippen molar-refractivity contribution in [3.63, 3.8) is 0 Å². The number of amides is 1. The molecule has 2 N–H and O–H groups in total. The van der Waals surface area contributed by atoms with Gasteiger partial charge in [0.15, 0.2) is 0 Å². The summed E-state index contributed by atoms with van der Waals surface area (Å²) in [6.45, 7) is 1.71. The fraction of sp³-hybridized carbons (Fsp3) is 0.500. The lowest BCUT2D eigenvalue weighted by Crippen LogP contribution is -2.33. The van der Waals surface area contributed by atoms with Gasteiger partial charge in [0, 0.05) is 29.2 Å². The second-order valence-electron chi connectivity index (χ2n) is 5.39. The zero-order chi connectivity index (χ0) is 12.7. The van der Waals surface area contributed by atoms with Gasteiger partial charge >= 0.3 is 0 Å². The SMILES string of the molecule is NC1CCC2CN(C(=O)c3cccc(Br)c3)CC12. The van der Waals surface area contributed by atoms with Crippen LogP contribution < -0.4 is 5.73 Å². The van der Waals surface area contributed by atoms with Gasteiger partial charge in [0.2, 0.25) is 0 Å². The Morgan fingerprint density at radius 1 is 1.33 bits per heavy atom. The van der Waals surface area contributed by atoms with Gasteiger partial charge in [-0.05, 0) is 42.9 Å². The number of nitrogens with two attached hydrogens (primary N) is 1. The quantitative estimate of drug-likeness (QED) is 0.865. The highest BCUT2D eigenvalue weighted by atomic mass is 79.9. The van der Waals surface area contributed by atoms with Crippen LogP contribution in [0.25, 0.3) is 0 Å². The number of halogens is 1. The molecule has 1 saturated carbocycles. The zero-order valence-electron chi connectivity index (χ0n) is 10.2. The molecule has 0 spiro atoms. The van der Waals surface area contributed by atoms with E-state index in [4.69, 9.17) is 5.73 Å². The minimum absolute atomic E-state index is 0.137. The molecule has 3 rings (SSSR count). The van der Waals surface area contributed by atoms with E-state index in [0.717, 1.165) is 29.5 Å². The van der Waals surface area contributed by atoms with Crippen LogP contribution in [0.4, 0.5) is 0 Å². The summed E-state index contributed by atoms with van der Waals surface area (Å²) in [6.07, 6.45) is 2.29. The predicted octanol–water partition coefficient (Wildman–Crippen LogP) is 2.26. The molecule has 1 saturated heterocycles. The molecule has 3 unspecified atom stereocenters. The van der Waals surface area contributed by atoms with E-state index in [-0.39, 0.29) is 11.9 Å². The van der Waals surface area contributed by atoms with E-state index in [1.165, 1.54) is 6.42 Å². The van der Waals surface area contributed by atoms with Crippen LogP contribution in [0, 0.1) is 11.8 Å². The van der Waals surface area contributed by atoms with Crippen LogP contribution in [-0.4, -0.2) is 29.9 Å². The Kier molecular flexibility index (Phi) is 3.16. The van der Waals surface area contributed by atoms with E-state index in [2.05, 4.69) is 15.9 Å². The number of carbonyl (C=O) groups excluding carboxylic acids is 1. The molecule has 1 aliphatic heterocycles. The van der Waals surface area contributed by atoms with E-state index >= 15 is 0 Å². The summed E-state index contributed by atoms with van der Waals surface area (Å²) in [6, 6.07) is 7.89. The summed E-state index contributed by atoms with van der Waals surface area (Å²) >= 11 is 3.41. The van der Waals surface area contributed by atoms with Gasteiger partial charge in [0.1, 0.15) is 0 Å². The smallest absolute Gasteiger partial charge is 0.253 e. The second kappa shape index (κ2) is 4.67. The first kappa shape index (κ1) is 12.2. The van der Waals surface area contributed by atoms with E-state index in [9.17, 15) is 4.79 Å². The van der Waals surface area contributed by atoms with Crippen molar-refractivity contribution in [2.45, 2.75) is 18.9 Å². The van der Waals surface area contributed by atoms with Crippen LogP contribution in [0.15, 0.2) is 28.7 Å². The number of likely N-dealkylation sites (tertiary alicyclic amines) is 1. The van der Waals surface area contributed by atoms with Crippen molar-refractivity contribution in [1.29, 1.82) is 0 Å². The number of fused-ring (bicyclic) bond motifs is 1. The third kappa shape index (κ3) is 2.08. The highest BCUT2D eigenvalue weighted by Gasteiger charge is 2.42. The van der Waals surface area contributed by atoms with E-state index in [1.807, 2.05) is 29.2 Å². The summed E-state index contributed by atoms with van der Waals surface area (Å²) < 4.78 is 0.949. The Balaban J connectivity index is 1.75. The summed E-state index contributed by atoms with van der Waals surface area (Å²) in [7, 11) is 0. The van der Waals surface area contributed by atoms with Crippen molar-refractivity contribution in [3.8, 4) is 0 Å². The van der Waals surface area contributed by atoms with Gasteiger partial charge in [0.25, 0.3) is 5.91 Å². The lowest BCUT2D eigenvalue weighted by atomic mass is 9.98. The van der Waals surface area contributed by atoms with Crippen molar-refractivity contribution >= 4 is 21.8 Å². The number of hydrogen-bond acceptors (Lipinski definition) is 2. The van der Waals surface area contributed by atoms with Crippen LogP contribution in [-0.2, 0) is 0 Å². The fourth-order valence-corrected chi connectivity index (χ4v) is 3.68. The number of benzene rings is 1. The normalized spacial score (nSPS) is 30.6. The van der Waals surface area contributed by atoms with Gasteiger partial charge in [-0.15, -0.1) is 0 Å². The average molecular weight is 309 g/mol. The Bertz CT molecular complexity index is 477. The largest absolute Gasteiger partial charge is 0.338 e. The topological polar surface area (TPSA) is 46.3 Å². The third-order valence-corrected chi connectivity index (χ3v) is 4.76. The van der Waals surface area contributed by atoms with Crippen molar-refractivity contribution in [3.05, 3.63) is 34.3 Å². The molecular weight excluding hydrogens is 292 g/mol. The minimum Gasteiger partial charge on any atom is -0.338 e. The summed E-state index contributed by atoms with van der Waals surface area (Å²) in [4.78, 5) is 14.4. The van der Waals surface area contributed by atoms with Crippen LogP contribution in [0.5, 0.6) is 0 Å². The molecule has 1 aromatic rings. The van der Waals surface area contributed by atoms with Crippen molar-refractivity contribution in [1.82, 2.24) is 4.90 Å². The number of carbonyl (C=O) groups is 1. The van der Waals surface area contributed by atoms with Crippen molar-refractivity contribution in [2.75, 3.05) is 13.1 Å². The van der Waals surface area contributed by atoms with E-state index in [0.29, 0.717) is 11.8 Å². The molecule has 1 aliphatic carbocycles. The van der Waals surface area contributed by atoms with Crippen LogP contribution >= 0.6 is 15.9 Å². The van der Waals surface area contributed by atoms with Gasteiger partial charge in [-0.1, -0.05) is 22.0 Å². The van der Waals surface area contributed by atoms with Gasteiger partial charge in [-0.3, -0.25) is 4.79 Å². The average Bonchev–Trinajstić information content (AvgIpc) is 2.91. The molecular formula is C14H17BrN2O. The lowest BCUT2D eigenvalue weighted by Gasteiger charge is -2.18. The van der Waals surface area contributed by atoms with Gasteiger partial charge in [-0.2, -0.15) is 0 Å². The maximum Gasteiger partial charge on any atom is 0.253 e. The molecule has 1 aromatic carbocycles. The highest BCUT2D eigenvalue weighted by Crippen LogP contribution is 2.37. The minimum atomic E-state index is 0.137. The number of rotatable bonds is 1. The first-order valence-corrected chi connectivity index (χ1v) is 7.25. The summed E-state index contributed by atoms with van der Waals surface area (Å²) in [5, 5.41) is 0. The second-order valence-corrected chi connectivity index (χ2v) is 6.30. The van der Waals surface area contributed by atoms with Crippen LogP contribution in [0.1, 0.15) is 23.2 Å². The summed E-state index contributed by atoms with van der Waals surface area (Å²) in [5.41, 5.74) is 6.86. The molecule has 1 heterocycles. The predicted molar refractivity (Wildman–Crippen MR) is 74.2 cm³/mol. The zero-order valence-corrected chi connectivity index (χ0v) is 11.8. The molecule has 18 heavy (non-hydrogen) atoms. The maximum atomic E-state index is 12.4. The number of hydrogen-bond donors (Lipinski definition) is 1. The monoisotopic (exact) mass is 308 g/mol. The molecule has 0 radical (unpaired) electrons. The standard InChI is InChI=1S/C14H17BrN2O/c15-11-3-1-2-9(6-11)14(18)17-7-10-4-5-13(16)12(10)8-17/h1-3,6,10,12-13H,4-5,7-8,16H2. The molecule has 2 fully saturated rings. The molecule has 0 aromatic heterocycles. The van der Waals surface area contributed by atoms with E-state index in [1.54, 1.807) is 0 Å². The first-order valence-electron chi connectivity index (χ1n) is 6.45. The molecule has 1 amide bonds. The lowest BCUT2D eigenvalue weighted by molar-refractivity contribution is 0.0779. The Morgan fingerprint density at radius 3 is 2.89 bits per heavy atom. The van der Waals surface area contributed by atoms with Crippen molar-refractivity contribution < 1.29 is 4.79 Å². The Morgan fingerprint density at radius 2 is 2.17 bits per heavy atom.